The summed E-state index contributed by atoms with van der Waals surface area (Å²) >= 11 is 0. The molecule has 1 heterocycles. The zero-order valence-electron chi connectivity index (χ0n) is 9.51. The summed E-state index contributed by atoms with van der Waals surface area (Å²) in [6, 6.07) is 16.0. The second kappa shape index (κ2) is 3.98. The van der Waals surface area contributed by atoms with Crippen molar-refractivity contribution in [2.75, 3.05) is 7.11 Å². The molecule has 0 radical (unpaired) electrons. The van der Waals surface area contributed by atoms with Crippen molar-refractivity contribution in [1.82, 2.24) is 0 Å². The number of rotatable bonds is 2. The topological polar surface area (TPSA) is 22.4 Å². The summed E-state index contributed by atoms with van der Waals surface area (Å²) < 4.78 is 11.0. The first-order valence-corrected chi connectivity index (χ1v) is 5.50. The minimum Gasteiger partial charge on any atom is -0.496 e. The Morgan fingerprint density at radius 1 is 0.941 bits per heavy atom. The van der Waals surface area contributed by atoms with Gasteiger partial charge in [-0.2, -0.15) is 0 Å². The minimum atomic E-state index is 0.843. The molecule has 17 heavy (non-hydrogen) atoms. The Labute approximate surface area is 99.4 Å². The summed E-state index contributed by atoms with van der Waals surface area (Å²) in [5, 5.41) is 1.03. The van der Waals surface area contributed by atoms with Gasteiger partial charge in [-0.05, 0) is 17.7 Å². The molecule has 0 spiro atoms. The van der Waals surface area contributed by atoms with E-state index in [1.165, 1.54) is 0 Å². The van der Waals surface area contributed by atoms with Gasteiger partial charge in [-0.15, -0.1) is 0 Å². The monoisotopic (exact) mass is 224 g/mol. The first-order valence-electron chi connectivity index (χ1n) is 5.50. The Balaban J connectivity index is 2.31. The second-order valence-corrected chi connectivity index (χ2v) is 3.85. The van der Waals surface area contributed by atoms with Crippen LogP contribution in [0.25, 0.3) is 22.1 Å². The summed E-state index contributed by atoms with van der Waals surface area (Å²) in [5.74, 6) is 0.843. The van der Waals surface area contributed by atoms with Gasteiger partial charge in [0.25, 0.3) is 0 Å². The van der Waals surface area contributed by atoms with E-state index in [4.69, 9.17) is 9.15 Å². The predicted molar refractivity (Wildman–Crippen MR) is 68.2 cm³/mol. The van der Waals surface area contributed by atoms with E-state index in [0.717, 1.165) is 27.8 Å². The van der Waals surface area contributed by atoms with E-state index < -0.39 is 0 Å². The quantitative estimate of drug-likeness (QED) is 0.653. The fourth-order valence-corrected chi connectivity index (χ4v) is 2.06. The lowest BCUT2D eigenvalue weighted by atomic mass is 10.0. The van der Waals surface area contributed by atoms with E-state index in [9.17, 15) is 0 Å². The molecule has 0 unspecified atom stereocenters. The van der Waals surface area contributed by atoms with Crippen molar-refractivity contribution in [2.45, 2.75) is 0 Å². The fraction of sp³-hybridized carbons (Fsp3) is 0.0667. The highest BCUT2D eigenvalue weighted by Gasteiger charge is 2.11. The molecular formula is C15H12O2. The van der Waals surface area contributed by atoms with E-state index in [2.05, 4.69) is 12.1 Å². The van der Waals surface area contributed by atoms with Gasteiger partial charge >= 0.3 is 0 Å². The van der Waals surface area contributed by atoms with Gasteiger partial charge in [-0.25, -0.2) is 0 Å². The molecule has 2 nitrogen and oxygen atoms in total. The number of benzene rings is 2. The molecule has 0 aliphatic rings. The molecule has 0 bridgehead atoms. The molecule has 84 valence electrons. The zero-order chi connectivity index (χ0) is 11.7. The van der Waals surface area contributed by atoms with E-state index in [-0.39, 0.29) is 0 Å². The average Bonchev–Trinajstić information content (AvgIpc) is 2.83. The van der Waals surface area contributed by atoms with Crippen molar-refractivity contribution in [2.24, 2.45) is 0 Å². The van der Waals surface area contributed by atoms with Crippen LogP contribution >= 0.6 is 0 Å². The van der Waals surface area contributed by atoms with Crippen LogP contribution in [0, 0.1) is 0 Å². The van der Waals surface area contributed by atoms with E-state index in [1.54, 1.807) is 13.4 Å². The van der Waals surface area contributed by atoms with Crippen LogP contribution in [0.4, 0.5) is 0 Å². The van der Waals surface area contributed by atoms with Crippen molar-refractivity contribution < 1.29 is 9.15 Å². The lowest BCUT2D eigenvalue weighted by Gasteiger charge is -2.03. The summed E-state index contributed by atoms with van der Waals surface area (Å²) in [5.41, 5.74) is 3.05. The van der Waals surface area contributed by atoms with Gasteiger partial charge in [0.2, 0.25) is 0 Å². The largest absolute Gasteiger partial charge is 0.496 e. The van der Waals surface area contributed by atoms with Crippen molar-refractivity contribution >= 4 is 11.0 Å². The van der Waals surface area contributed by atoms with Crippen molar-refractivity contribution in [3.05, 3.63) is 54.8 Å². The minimum absolute atomic E-state index is 0.843. The summed E-state index contributed by atoms with van der Waals surface area (Å²) in [6.45, 7) is 0. The third-order valence-electron chi connectivity index (χ3n) is 2.87. The van der Waals surface area contributed by atoms with Gasteiger partial charge in [-0.1, -0.05) is 36.4 Å². The van der Waals surface area contributed by atoms with Crippen LogP contribution < -0.4 is 4.74 Å². The highest BCUT2D eigenvalue weighted by Crippen LogP contribution is 2.36. The van der Waals surface area contributed by atoms with Crippen molar-refractivity contribution in [3.8, 4) is 16.9 Å². The molecule has 0 saturated carbocycles. The molecule has 0 aliphatic carbocycles. The molecule has 0 aliphatic heterocycles. The maximum atomic E-state index is 5.57. The van der Waals surface area contributed by atoms with E-state index in [1.807, 2.05) is 36.4 Å². The highest BCUT2D eigenvalue weighted by atomic mass is 16.5. The summed E-state index contributed by atoms with van der Waals surface area (Å²) in [4.78, 5) is 0. The smallest absolute Gasteiger partial charge is 0.138 e. The standard InChI is InChI=1S/C15H12O2/c1-16-13-8-5-9-14-15(13)12(10-17-14)11-6-3-2-4-7-11/h2-10H,1H3. The molecule has 0 saturated heterocycles. The Bertz CT molecular complexity index is 638. The third kappa shape index (κ3) is 1.58. The van der Waals surface area contributed by atoms with Gasteiger partial charge in [0.05, 0.1) is 18.8 Å². The van der Waals surface area contributed by atoms with Crippen LogP contribution in [0.2, 0.25) is 0 Å². The summed E-state index contributed by atoms with van der Waals surface area (Å²) in [6.07, 6.45) is 1.78. The SMILES string of the molecule is COc1cccc2occ(-c3ccccc3)c12. The normalized spacial score (nSPS) is 10.6. The van der Waals surface area contributed by atoms with Crippen LogP contribution in [0.3, 0.4) is 0 Å². The fourth-order valence-electron chi connectivity index (χ4n) is 2.06. The molecule has 3 rings (SSSR count). The van der Waals surface area contributed by atoms with E-state index in [0.29, 0.717) is 0 Å². The maximum Gasteiger partial charge on any atom is 0.138 e. The second-order valence-electron chi connectivity index (χ2n) is 3.85. The first-order chi connectivity index (χ1) is 8.40. The molecule has 0 atom stereocenters. The molecule has 0 fully saturated rings. The van der Waals surface area contributed by atoms with Crippen LogP contribution in [0.15, 0.2) is 59.2 Å². The van der Waals surface area contributed by atoms with Gasteiger partial charge in [-0.3, -0.25) is 0 Å². The molecule has 0 N–H and O–H groups in total. The third-order valence-corrected chi connectivity index (χ3v) is 2.87. The molecule has 2 heteroatoms. The zero-order valence-corrected chi connectivity index (χ0v) is 9.51. The lowest BCUT2D eigenvalue weighted by Crippen LogP contribution is -1.84. The van der Waals surface area contributed by atoms with Crippen LogP contribution in [-0.2, 0) is 0 Å². The lowest BCUT2D eigenvalue weighted by molar-refractivity contribution is 0.419. The summed E-state index contributed by atoms with van der Waals surface area (Å²) in [7, 11) is 1.68. The number of hydrogen-bond acceptors (Lipinski definition) is 2. The van der Waals surface area contributed by atoms with Crippen LogP contribution in [0.5, 0.6) is 5.75 Å². The van der Waals surface area contributed by atoms with E-state index >= 15 is 0 Å². The Morgan fingerprint density at radius 3 is 2.53 bits per heavy atom. The van der Waals surface area contributed by atoms with Gasteiger partial charge in [0.1, 0.15) is 11.3 Å². The Kier molecular flexibility index (Phi) is 2.33. The number of methoxy groups -OCH3 is 1. The number of ether oxygens (including phenoxy) is 1. The van der Waals surface area contributed by atoms with Gasteiger partial charge < -0.3 is 9.15 Å². The molecule has 3 aromatic rings. The highest BCUT2D eigenvalue weighted by molar-refractivity contribution is 5.98. The Morgan fingerprint density at radius 2 is 1.76 bits per heavy atom. The molecule has 2 aromatic carbocycles. The predicted octanol–water partition coefficient (Wildman–Crippen LogP) is 4.11. The van der Waals surface area contributed by atoms with Crippen LogP contribution in [-0.4, -0.2) is 7.11 Å². The van der Waals surface area contributed by atoms with Crippen molar-refractivity contribution in [1.29, 1.82) is 0 Å². The maximum absolute atomic E-state index is 5.57. The molecule has 1 aromatic heterocycles. The average molecular weight is 224 g/mol. The number of hydrogen-bond donors (Lipinski definition) is 0. The molecular weight excluding hydrogens is 212 g/mol. The van der Waals surface area contributed by atoms with Crippen LogP contribution in [0.1, 0.15) is 0 Å². The van der Waals surface area contributed by atoms with Gasteiger partial charge in [0, 0.05) is 5.56 Å². The number of fused-ring (bicyclic) bond motifs is 1. The first kappa shape index (κ1) is 9.97. The Hall–Kier alpha value is -2.22. The number of furan rings is 1. The van der Waals surface area contributed by atoms with Gasteiger partial charge in [0.15, 0.2) is 0 Å². The van der Waals surface area contributed by atoms with Crippen molar-refractivity contribution in [3.63, 3.8) is 0 Å². The molecule has 0 amide bonds.